The summed E-state index contributed by atoms with van der Waals surface area (Å²) < 4.78 is 7.71. The van der Waals surface area contributed by atoms with Crippen LogP contribution in [0.25, 0.3) is 17.1 Å². The molecule has 3 heterocycles. The van der Waals surface area contributed by atoms with Crippen molar-refractivity contribution in [3.63, 3.8) is 0 Å². The summed E-state index contributed by atoms with van der Waals surface area (Å²) in [5.74, 6) is 2.13. The average Bonchev–Trinajstić information content (AvgIpc) is 3.57. The summed E-state index contributed by atoms with van der Waals surface area (Å²) >= 11 is 1.58. The summed E-state index contributed by atoms with van der Waals surface area (Å²) in [6.45, 7) is 5.09. The highest BCUT2D eigenvalue weighted by Gasteiger charge is 2.23. The van der Waals surface area contributed by atoms with Crippen LogP contribution in [-0.2, 0) is 6.54 Å². The van der Waals surface area contributed by atoms with E-state index in [1.807, 2.05) is 48.5 Å². The molecular weight excluding hydrogens is 408 g/mol. The minimum atomic E-state index is -0.0590. The molecule has 1 atom stereocenters. The fourth-order valence-corrected chi connectivity index (χ4v) is 4.69. The molecule has 0 saturated carbocycles. The third kappa shape index (κ3) is 4.40. The van der Waals surface area contributed by atoms with Crippen molar-refractivity contribution in [2.75, 3.05) is 13.1 Å². The van der Waals surface area contributed by atoms with Gasteiger partial charge in [-0.3, -0.25) is 9.47 Å². The van der Waals surface area contributed by atoms with Gasteiger partial charge in [-0.25, -0.2) is 0 Å². The number of rotatable bonds is 7. The molecule has 158 valence electrons. The molecule has 2 aromatic carbocycles. The van der Waals surface area contributed by atoms with E-state index in [0.29, 0.717) is 11.7 Å². The zero-order chi connectivity index (χ0) is 21.0. The minimum absolute atomic E-state index is 0.0590. The number of likely N-dealkylation sites (tertiary alicyclic amines) is 1. The molecule has 0 amide bonds. The van der Waals surface area contributed by atoms with Gasteiger partial charge in [0.1, 0.15) is 0 Å². The summed E-state index contributed by atoms with van der Waals surface area (Å²) in [5, 5.41) is 14.0. The number of benzene rings is 2. The topological polar surface area (TPSA) is 72.9 Å². The number of thioether (sulfide) groups is 1. The van der Waals surface area contributed by atoms with Gasteiger partial charge in [-0.15, -0.1) is 10.2 Å². The maximum atomic E-state index is 5.57. The molecule has 1 aliphatic rings. The van der Waals surface area contributed by atoms with Crippen molar-refractivity contribution in [3.05, 3.63) is 72.4 Å². The second-order valence-electron chi connectivity index (χ2n) is 7.64. The van der Waals surface area contributed by atoms with Gasteiger partial charge in [0.25, 0.3) is 0 Å². The Balaban J connectivity index is 1.41. The fourth-order valence-electron chi connectivity index (χ4n) is 3.77. The summed E-state index contributed by atoms with van der Waals surface area (Å²) in [4.78, 5) is 7.04. The van der Waals surface area contributed by atoms with E-state index in [1.165, 1.54) is 12.8 Å². The summed E-state index contributed by atoms with van der Waals surface area (Å²) in [6, 6.07) is 20.1. The van der Waals surface area contributed by atoms with Gasteiger partial charge in [0.05, 0.1) is 11.8 Å². The van der Waals surface area contributed by atoms with Crippen molar-refractivity contribution in [2.24, 2.45) is 0 Å². The maximum Gasteiger partial charge on any atom is 0.240 e. The van der Waals surface area contributed by atoms with E-state index in [9.17, 15) is 0 Å². The molecule has 1 aliphatic heterocycles. The van der Waals surface area contributed by atoms with Gasteiger partial charge < -0.3 is 4.52 Å². The molecule has 1 unspecified atom stereocenters. The van der Waals surface area contributed by atoms with Gasteiger partial charge in [-0.2, -0.15) is 4.98 Å². The Labute approximate surface area is 185 Å². The highest BCUT2D eigenvalue weighted by Crippen LogP contribution is 2.35. The molecule has 7 nitrogen and oxygen atoms in total. The molecule has 0 radical (unpaired) electrons. The monoisotopic (exact) mass is 432 g/mol. The number of para-hydroxylation sites is 1. The second kappa shape index (κ2) is 9.03. The summed E-state index contributed by atoms with van der Waals surface area (Å²) in [5.41, 5.74) is 2.00. The van der Waals surface area contributed by atoms with E-state index in [0.717, 1.165) is 41.9 Å². The number of aromatic nitrogens is 5. The lowest BCUT2D eigenvalue weighted by Crippen LogP contribution is -2.21. The lowest BCUT2D eigenvalue weighted by atomic mass is 10.2. The van der Waals surface area contributed by atoms with Crippen molar-refractivity contribution in [2.45, 2.75) is 36.7 Å². The van der Waals surface area contributed by atoms with Crippen LogP contribution in [0.4, 0.5) is 0 Å². The van der Waals surface area contributed by atoms with Gasteiger partial charge in [0.2, 0.25) is 11.7 Å². The Kier molecular flexibility index (Phi) is 5.82. The third-order valence-corrected chi connectivity index (χ3v) is 6.41. The minimum Gasteiger partial charge on any atom is -0.338 e. The van der Waals surface area contributed by atoms with Crippen LogP contribution < -0.4 is 0 Å². The molecular formula is C23H24N6OS. The van der Waals surface area contributed by atoms with E-state index in [-0.39, 0.29) is 5.25 Å². The largest absolute Gasteiger partial charge is 0.338 e. The van der Waals surface area contributed by atoms with Gasteiger partial charge in [-0.1, -0.05) is 65.4 Å². The Bertz CT molecular complexity index is 1120. The van der Waals surface area contributed by atoms with Crippen LogP contribution >= 0.6 is 11.8 Å². The first-order chi connectivity index (χ1) is 15.3. The van der Waals surface area contributed by atoms with Crippen molar-refractivity contribution in [1.82, 2.24) is 29.8 Å². The van der Waals surface area contributed by atoms with Crippen LogP contribution in [0.5, 0.6) is 0 Å². The molecule has 0 N–H and O–H groups in total. The Morgan fingerprint density at radius 1 is 0.968 bits per heavy atom. The molecule has 0 bridgehead atoms. The van der Waals surface area contributed by atoms with E-state index in [4.69, 9.17) is 4.52 Å². The van der Waals surface area contributed by atoms with Crippen LogP contribution in [0.3, 0.4) is 0 Å². The lowest BCUT2D eigenvalue weighted by Gasteiger charge is -2.16. The van der Waals surface area contributed by atoms with Crippen molar-refractivity contribution in [1.29, 1.82) is 0 Å². The number of hydrogen-bond acceptors (Lipinski definition) is 7. The fraction of sp³-hybridized carbons (Fsp3) is 0.304. The van der Waals surface area contributed by atoms with E-state index in [2.05, 4.69) is 48.9 Å². The molecule has 5 rings (SSSR count). The summed E-state index contributed by atoms with van der Waals surface area (Å²) in [6.07, 6.45) is 2.50. The average molecular weight is 433 g/mol. The van der Waals surface area contributed by atoms with Gasteiger partial charge in [0.15, 0.2) is 11.0 Å². The molecule has 0 aliphatic carbocycles. The predicted molar refractivity (Wildman–Crippen MR) is 120 cm³/mol. The lowest BCUT2D eigenvalue weighted by molar-refractivity contribution is 0.319. The third-order valence-electron chi connectivity index (χ3n) is 5.38. The van der Waals surface area contributed by atoms with Gasteiger partial charge in [-0.05, 0) is 45.0 Å². The van der Waals surface area contributed by atoms with E-state index < -0.39 is 0 Å². The van der Waals surface area contributed by atoms with Crippen molar-refractivity contribution < 1.29 is 4.52 Å². The molecule has 2 aromatic heterocycles. The number of hydrogen-bond donors (Lipinski definition) is 0. The molecule has 1 saturated heterocycles. The van der Waals surface area contributed by atoms with E-state index in [1.54, 1.807) is 11.8 Å². The Morgan fingerprint density at radius 2 is 1.68 bits per heavy atom. The molecule has 4 aromatic rings. The normalized spacial score (nSPS) is 15.4. The Hall–Kier alpha value is -2.97. The van der Waals surface area contributed by atoms with Crippen molar-refractivity contribution in [3.8, 4) is 17.1 Å². The number of nitrogens with zero attached hydrogens (tertiary/aromatic N) is 6. The van der Waals surface area contributed by atoms with Crippen LogP contribution in [0.2, 0.25) is 0 Å². The van der Waals surface area contributed by atoms with Crippen LogP contribution in [0.15, 0.2) is 70.3 Å². The van der Waals surface area contributed by atoms with Gasteiger partial charge in [0, 0.05) is 11.3 Å². The smallest absolute Gasteiger partial charge is 0.240 e. The van der Waals surface area contributed by atoms with Crippen LogP contribution in [-0.4, -0.2) is 42.9 Å². The van der Waals surface area contributed by atoms with Gasteiger partial charge >= 0.3 is 0 Å². The zero-order valence-electron chi connectivity index (χ0n) is 17.4. The molecule has 0 spiro atoms. The van der Waals surface area contributed by atoms with Crippen LogP contribution in [0, 0.1) is 0 Å². The second-order valence-corrected chi connectivity index (χ2v) is 8.94. The summed E-state index contributed by atoms with van der Waals surface area (Å²) in [7, 11) is 0. The zero-order valence-corrected chi connectivity index (χ0v) is 18.2. The first-order valence-electron chi connectivity index (χ1n) is 10.6. The van der Waals surface area contributed by atoms with Crippen LogP contribution in [0.1, 0.15) is 36.7 Å². The quantitative estimate of drug-likeness (QED) is 0.390. The van der Waals surface area contributed by atoms with E-state index >= 15 is 0 Å². The van der Waals surface area contributed by atoms with Crippen molar-refractivity contribution >= 4 is 11.8 Å². The molecule has 31 heavy (non-hydrogen) atoms. The highest BCUT2D eigenvalue weighted by atomic mass is 32.2. The Morgan fingerprint density at radius 3 is 2.42 bits per heavy atom. The SMILES string of the molecule is CC(Sc1nnc(CN2CCCC2)n1-c1ccccc1)c1nc(-c2ccccc2)no1. The first kappa shape index (κ1) is 20.0. The standard InChI is InChI=1S/C23H24N6OS/c1-17(22-24-21(27-30-22)18-10-4-2-5-11-18)31-23-26-25-20(16-28-14-8-9-15-28)29(23)19-12-6-3-7-13-19/h2-7,10-13,17H,8-9,14-16H2,1H3. The highest BCUT2D eigenvalue weighted by molar-refractivity contribution is 7.99. The maximum absolute atomic E-state index is 5.57. The molecule has 8 heteroatoms. The molecule has 1 fully saturated rings. The first-order valence-corrected chi connectivity index (χ1v) is 11.4. The predicted octanol–water partition coefficient (Wildman–Crippen LogP) is 4.77.